The molecule has 2 aromatic heterocycles. The van der Waals surface area contributed by atoms with Gasteiger partial charge in [0.1, 0.15) is 5.82 Å². The molecule has 0 radical (unpaired) electrons. The molecule has 0 amide bonds. The second-order valence-electron chi connectivity index (χ2n) is 7.14. The van der Waals surface area contributed by atoms with Crippen LogP contribution in [-0.4, -0.2) is 23.1 Å². The van der Waals surface area contributed by atoms with Crippen molar-refractivity contribution in [3.8, 4) is 0 Å². The summed E-state index contributed by atoms with van der Waals surface area (Å²) in [6.45, 7) is 0.0254. The predicted octanol–water partition coefficient (Wildman–Crippen LogP) is 3.50. The third-order valence-corrected chi connectivity index (χ3v) is 6.51. The zero-order chi connectivity index (χ0) is 21.8. The predicted molar refractivity (Wildman–Crippen MR) is 108 cm³/mol. The van der Waals surface area contributed by atoms with Gasteiger partial charge in [0, 0.05) is 12.0 Å². The Labute approximate surface area is 179 Å². The zero-order valence-corrected chi connectivity index (χ0v) is 17.3. The van der Waals surface area contributed by atoms with Crippen molar-refractivity contribution in [3.63, 3.8) is 0 Å². The third-order valence-electron chi connectivity index (χ3n) is 4.84. The van der Waals surface area contributed by atoms with Crippen molar-refractivity contribution in [3.05, 3.63) is 69.5 Å². The maximum absolute atomic E-state index is 13.2. The number of benzene rings is 2. The molecule has 0 spiro atoms. The van der Waals surface area contributed by atoms with Crippen molar-refractivity contribution in [1.82, 2.24) is 14.7 Å². The van der Waals surface area contributed by atoms with Crippen LogP contribution in [0.3, 0.4) is 0 Å². The first kappa shape index (κ1) is 19.8. The molecule has 4 aromatic rings. The van der Waals surface area contributed by atoms with Gasteiger partial charge < -0.3 is 8.94 Å². The Hall–Kier alpha value is -3.18. The minimum Gasteiger partial charge on any atom is -0.408 e. The molecule has 0 saturated heterocycles. The van der Waals surface area contributed by atoms with E-state index in [0.29, 0.717) is 17.2 Å². The van der Waals surface area contributed by atoms with Crippen LogP contribution < -0.4 is 10.5 Å². The summed E-state index contributed by atoms with van der Waals surface area (Å²) in [5.41, 5.74) is 0.469. The van der Waals surface area contributed by atoms with Crippen LogP contribution in [0, 0.1) is 5.82 Å². The molecule has 0 unspecified atom stereocenters. The molecule has 0 bridgehead atoms. The Morgan fingerprint density at radius 1 is 1.23 bits per heavy atom. The molecular formula is C19H14ClFN4O5S. The molecule has 1 saturated carbocycles. The van der Waals surface area contributed by atoms with Crippen molar-refractivity contribution in [2.24, 2.45) is 0 Å². The molecule has 12 heteroatoms. The smallest absolute Gasteiger partial charge is 0.408 e. The Morgan fingerprint density at radius 2 is 2.03 bits per heavy atom. The lowest BCUT2D eigenvalue weighted by atomic mass is 10.3. The van der Waals surface area contributed by atoms with Crippen LogP contribution >= 0.6 is 11.6 Å². The van der Waals surface area contributed by atoms with Gasteiger partial charge in [0.15, 0.2) is 11.4 Å². The quantitative estimate of drug-likeness (QED) is 0.463. The molecule has 1 N–H and O–H groups in total. The number of oxazole rings is 1. The number of anilines is 1. The zero-order valence-electron chi connectivity index (χ0n) is 15.7. The van der Waals surface area contributed by atoms with Crippen molar-refractivity contribution in [1.29, 1.82) is 0 Å². The minimum atomic E-state index is -4.07. The lowest BCUT2D eigenvalue weighted by Gasteiger charge is -2.09. The van der Waals surface area contributed by atoms with Crippen LogP contribution in [0.2, 0.25) is 5.02 Å². The number of hydrogen-bond donors (Lipinski definition) is 1. The Bertz CT molecular complexity index is 1470. The summed E-state index contributed by atoms with van der Waals surface area (Å²) in [5, 5.41) is 3.80. The Balaban J connectivity index is 1.45. The van der Waals surface area contributed by atoms with Crippen LogP contribution in [0.4, 0.5) is 10.1 Å². The highest BCUT2D eigenvalue weighted by Gasteiger charge is 2.30. The lowest BCUT2D eigenvalue weighted by Crippen LogP contribution is -2.16. The molecule has 1 fully saturated rings. The number of hydrogen-bond acceptors (Lipinski definition) is 7. The SMILES string of the molecule is O=c1oc2cc(S(=O)(=O)Nc3ccc(F)cc3Cl)ccc2n1Cc1noc(C2CC2)n1. The van der Waals surface area contributed by atoms with Gasteiger partial charge in [0.25, 0.3) is 10.0 Å². The van der Waals surface area contributed by atoms with Crippen molar-refractivity contribution in [2.75, 3.05) is 4.72 Å². The van der Waals surface area contributed by atoms with Gasteiger partial charge >= 0.3 is 5.76 Å². The molecule has 0 atom stereocenters. The van der Waals surface area contributed by atoms with E-state index in [2.05, 4.69) is 14.9 Å². The molecule has 160 valence electrons. The van der Waals surface area contributed by atoms with Crippen molar-refractivity contribution >= 4 is 38.4 Å². The topological polar surface area (TPSA) is 120 Å². The Morgan fingerprint density at radius 3 is 2.77 bits per heavy atom. The average Bonchev–Trinajstić information content (AvgIpc) is 3.39. The van der Waals surface area contributed by atoms with Gasteiger partial charge in [-0.3, -0.25) is 9.29 Å². The second kappa shape index (κ2) is 7.20. The van der Waals surface area contributed by atoms with Crippen LogP contribution in [0.5, 0.6) is 0 Å². The molecule has 2 heterocycles. The summed E-state index contributed by atoms with van der Waals surface area (Å²) in [6, 6.07) is 7.28. The molecular weight excluding hydrogens is 451 g/mol. The maximum atomic E-state index is 13.2. The Kier molecular flexibility index (Phi) is 4.59. The number of halogens is 2. The standard InChI is InChI=1S/C19H14ClFN4O5S/c20-13-7-11(21)3-5-14(13)24-31(27,28)12-4-6-15-16(8-12)29-19(26)25(15)9-17-22-18(30-23-17)10-1-2-10/h3-8,10,24H,1-2,9H2. The van der Waals surface area contributed by atoms with Crippen LogP contribution in [-0.2, 0) is 16.6 Å². The average molecular weight is 465 g/mol. The number of fused-ring (bicyclic) bond motifs is 1. The summed E-state index contributed by atoms with van der Waals surface area (Å²) in [4.78, 5) is 16.4. The fraction of sp³-hybridized carbons (Fsp3) is 0.211. The van der Waals surface area contributed by atoms with Crippen LogP contribution in [0.1, 0.15) is 30.5 Å². The molecule has 31 heavy (non-hydrogen) atoms. The molecule has 5 rings (SSSR count). The normalized spacial score (nSPS) is 14.3. The van der Waals surface area contributed by atoms with Gasteiger partial charge in [-0.2, -0.15) is 4.98 Å². The summed E-state index contributed by atoms with van der Waals surface area (Å²) in [5.74, 6) is -0.111. The number of aromatic nitrogens is 3. The number of nitrogens with one attached hydrogen (secondary N) is 1. The van der Waals surface area contributed by atoms with E-state index in [9.17, 15) is 17.6 Å². The number of nitrogens with zero attached hydrogens (tertiary/aromatic N) is 3. The molecule has 0 aliphatic heterocycles. The summed E-state index contributed by atoms with van der Waals surface area (Å²) >= 11 is 5.89. The number of rotatable bonds is 6. The maximum Gasteiger partial charge on any atom is 0.420 e. The highest BCUT2D eigenvalue weighted by molar-refractivity contribution is 7.92. The van der Waals surface area contributed by atoms with Gasteiger partial charge in [0.2, 0.25) is 5.89 Å². The molecule has 1 aliphatic carbocycles. The van der Waals surface area contributed by atoms with E-state index in [0.717, 1.165) is 25.0 Å². The first-order valence-corrected chi connectivity index (χ1v) is 11.1. The second-order valence-corrected chi connectivity index (χ2v) is 9.23. The lowest BCUT2D eigenvalue weighted by molar-refractivity contribution is 0.372. The van der Waals surface area contributed by atoms with Gasteiger partial charge in [-0.05, 0) is 43.2 Å². The first-order valence-electron chi connectivity index (χ1n) is 9.24. The van der Waals surface area contributed by atoms with E-state index in [4.69, 9.17) is 20.5 Å². The fourth-order valence-electron chi connectivity index (χ4n) is 3.11. The van der Waals surface area contributed by atoms with Gasteiger partial charge in [-0.25, -0.2) is 17.6 Å². The van der Waals surface area contributed by atoms with Crippen LogP contribution in [0.25, 0.3) is 11.1 Å². The van der Waals surface area contributed by atoms with Crippen LogP contribution in [0.15, 0.2) is 55.0 Å². The fourth-order valence-corrected chi connectivity index (χ4v) is 4.47. The minimum absolute atomic E-state index is 0.0192. The van der Waals surface area contributed by atoms with Crippen molar-refractivity contribution in [2.45, 2.75) is 30.2 Å². The largest absolute Gasteiger partial charge is 0.420 e. The van der Waals surface area contributed by atoms with E-state index >= 15 is 0 Å². The molecule has 2 aromatic carbocycles. The van der Waals surface area contributed by atoms with Gasteiger partial charge in [-0.1, -0.05) is 16.8 Å². The third kappa shape index (κ3) is 3.81. The van der Waals surface area contributed by atoms with E-state index in [1.54, 1.807) is 0 Å². The highest BCUT2D eigenvalue weighted by atomic mass is 35.5. The molecule has 9 nitrogen and oxygen atoms in total. The highest BCUT2D eigenvalue weighted by Crippen LogP contribution is 2.38. The van der Waals surface area contributed by atoms with E-state index in [1.807, 2.05) is 0 Å². The molecule has 1 aliphatic rings. The summed E-state index contributed by atoms with van der Waals surface area (Å²) < 4.78 is 52.6. The monoisotopic (exact) mass is 464 g/mol. The van der Waals surface area contributed by atoms with Gasteiger partial charge in [0.05, 0.1) is 27.7 Å². The summed E-state index contributed by atoms with van der Waals surface area (Å²) in [7, 11) is -4.07. The van der Waals surface area contributed by atoms with E-state index in [1.165, 1.54) is 28.8 Å². The number of sulfonamides is 1. The van der Waals surface area contributed by atoms with Crippen molar-refractivity contribution < 1.29 is 21.7 Å². The van der Waals surface area contributed by atoms with E-state index in [-0.39, 0.29) is 33.7 Å². The van der Waals surface area contributed by atoms with E-state index < -0.39 is 21.6 Å². The first-order chi connectivity index (χ1) is 14.8. The van der Waals surface area contributed by atoms with Gasteiger partial charge in [-0.15, -0.1) is 0 Å². The summed E-state index contributed by atoms with van der Waals surface area (Å²) in [6.07, 6.45) is 2.01.